The van der Waals surface area contributed by atoms with Gasteiger partial charge in [-0.1, -0.05) is 55.3 Å². The van der Waals surface area contributed by atoms with E-state index in [1.165, 1.54) is 78.8 Å². The minimum absolute atomic E-state index is 0.797. The molecule has 0 atom stereocenters. The molecular weight excluding hydrogens is 474 g/mol. The number of hydrogen-bond acceptors (Lipinski definition) is 5. The molecular formula is C32H41N3OS. The largest absolute Gasteiger partial charge is 0.493 e. The number of benzene rings is 3. The van der Waals surface area contributed by atoms with E-state index in [1.807, 2.05) is 11.8 Å². The minimum atomic E-state index is 0.797. The van der Waals surface area contributed by atoms with Gasteiger partial charge in [0.05, 0.1) is 12.3 Å². The Bertz CT molecular complexity index is 1170. The Hall–Kier alpha value is -2.21. The van der Waals surface area contributed by atoms with E-state index in [2.05, 4.69) is 75.4 Å². The van der Waals surface area contributed by atoms with Crippen molar-refractivity contribution in [1.82, 2.24) is 9.80 Å². The molecule has 1 aliphatic carbocycles. The first kappa shape index (κ1) is 25.1. The lowest BCUT2D eigenvalue weighted by Gasteiger charge is -2.38. The Kier molecular flexibility index (Phi) is 8.21. The van der Waals surface area contributed by atoms with Gasteiger partial charge < -0.3 is 14.5 Å². The minimum Gasteiger partial charge on any atom is -0.493 e. The first-order valence-corrected chi connectivity index (χ1v) is 15.4. The fourth-order valence-corrected chi connectivity index (χ4v) is 7.36. The van der Waals surface area contributed by atoms with Gasteiger partial charge >= 0.3 is 0 Å². The van der Waals surface area contributed by atoms with Crippen LogP contribution in [0.25, 0.3) is 10.8 Å². The van der Waals surface area contributed by atoms with Crippen molar-refractivity contribution in [3.8, 4) is 5.75 Å². The molecule has 3 aromatic rings. The normalized spacial score (nSPS) is 19.4. The van der Waals surface area contributed by atoms with Crippen LogP contribution in [-0.2, 0) is 6.42 Å². The summed E-state index contributed by atoms with van der Waals surface area (Å²) in [6.45, 7) is 9.04. The Balaban J connectivity index is 0.982. The smallest absolute Gasteiger partial charge is 0.121 e. The van der Waals surface area contributed by atoms with Crippen LogP contribution < -0.4 is 9.64 Å². The van der Waals surface area contributed by atoms with Gasteiger partial charge in [0.1, 0.15) is 5.75 Å². The molecule has 4 nitrogen and oxygen atoms in total. The summed E-state index contributed by atoms with van der Waals surface area (Å²) in [6, 6.07) is 23.1. The highest BCUT2D eigenvalue weighted by Crippen LogP contribution is 2.37. The van der Waals surface area contributed by atoms with Crippen molar-refractivity contribution >= 4 is 28.2 Å². The van der Waals surface area contributed by atoms with Crippen LogP contribution in [0.2, 0.25) is 0 Å². The van der Waals surface area contributed by atoms with Gasteiger partial charge in [-0.2, -0.15) is 0 Å². The average molecular weight is 516 g/mol. The first-order chi connectivity index (χ1) is 18.3. The highest BCUT2D eigenvalue weighted by molar-refractivity contribution is 7.99. The van der Waals surface area contributed by atoms with Crippen LogP contribution >= 0.6 is 11.8 Å². The van der Waals surface area contributed by atoms with E-state index in [0.29, 0.717) is 0 Å². The summed E-state index contributed by atoms with van der Waals surface area (Å²) in [5.41, 5.74) is 2.76. The van der Waals surface area contributed by atoms with E-state index >= 15 is 0 Å². The maximum absolute atomic E-state index is 6.25. The Labute approximate surface area is 227 Å². The Morgan fingerprint density at radius 1 is 0.811 bits per heavy atom. The predicted molar refractivity (Wildman–Crippen MR) is 157 cm³/mol. The third-order valence-corrected chi connectivity index (χ3v) is 9.55. The van der Waals surface area contributed by atoms with Gasteiger partial charge in [0.2, 0.25) is 0 Å². The molecule has 0 radical (unpaired) electrons. The summed E-state index contributed by atoms with van der Waals surface area (Å²) in [4.78, 5) is 9.32. The molecule has 0 bridgehead atoms. The van der Waals surface area contributed by atoms with Crippen LogP contribution in [0, 0.1) is 0 Å². The number of hydrogen-bond donors (Lipinski definition) is 0. The monoisotopic (exact) mass is 515 g/mol. The van der Waals surface area contributed by atoms with Gasteiger partial charge in [-0.15, -0.1) is 11.8 Å². The lowest BCUT2D eigenvalue weighted by atomic mass is 10.0. The highest BCUT2D eigenvalue weighted by atomic mass is 32.2. The number of fused-ring (bicyclic) bond motifs is 2. The van der Waals surface area contributed by atoms with Crippen LogP contribution in [0.5, 0.6) is 5.75 Å². The number of ether oxygens (including phenoxy) is 1. The van der Waals surface area contributed by atoms with Crippen LogP contribution in [-0.4, -0.2) is 74.0 Å². The quantitative estimate of drug-likeness (QED) is 0.310. The zero-order valence-electron chi connectivity index (χ0n) is 22.1. The van der Waals surface area contributed by atoms with Gasteiger partial charge in [0.25, 0.3) is 0 Å². The fourth-order valence-electron chi connectivity index (χ4n) is 6.33. The molecule has 2 fully saturated rings. The molecule has 3 aliphatic rings. The summed E-state index contributed by atoms with van der Waals surface area (Å²) in [5.74, 6) is 2.17. The van der Waals surface area contributed by atoms with E-state index in [1.54, 1.807) is 0 Å². The van der Waals surface area contributed by atoms with Crippen molar-refractivity contribution in [3.63, 3.8) is 0 Å². The van der Waals surface area contributed by atoms with Gasteiger partial charge in [-0.05, 0) is 54.2 Å². The van der Waals surface area contributed by atoms with Crippen LogP contribution in [0.15, 0.2) is 65.6 Å². The SMILES string of the molecule is c1ccc2cc(CCN3CCSc4ccc(OCCCN5CCN(C6CCCC6)CC5)cc43)ccc2c1. The van der Waals surface area contributed by atoms with E-state index in [4.69, 9.17) is 4.74 Å². The molecule has 0 unspecified atom stereocenters. The number of anilines is 1. The molecule has 1 saturated heterocycles. The molecule has 2 aliphatic heterocycles. The van der Waals surface area contributed by atoms with Crippen LogP contribution in [0.4, 0.5) is 5.69 Å². The molecule has 6 rings (SSSR count). The van der Waals surface area contributed by atoms with E-state index in [9.17, 15) is 0 Å². The molecule has 3 aromatic carbocycles. The average Bonchev–Trinajstić information content (AvgIpc) is 3.50. The van der Waals surface area contributed by atoms with Gasteiger partial charge in [0.15, 0.2) is 0 Å². The lowest BCUT2D eigenvalue weighted by molar-refractivity contribution is 0.0941. The van der Waals surface area contributed by atoms with Crippen LogP contribution in [0.1, 0.15) is 37.7 Å². The standard InChI is InChI=1S/C32H41N3OS/c1-2-7-28-24-26(10-11-27(28)6-1)14-16-35-21-23-37-32-13-12-30(25-31(32)35)36-22-5-15-33-17-19-34(20-18-33)29-8-3-4-9-29/h1-2,6-7,10-13,24-25,29H,3-5,8-9,14-23H2. The zero-order chi connectivity index (χ0) is 24.9. The molecule has 0 N–H and O–H groups in total. The number of thioether (sulfide) groups is 1. The molecule has 5 heteroatoms. The Morgan fingerprint density at radius 3 is 2.51 bits per heavy atom. The Morgan fingerprint density at radius 2 is 1.65 bits per heavy atom. The van der Waals surface area contributed by atoms with E-state index in [0.717, 1.165) is 56.6 Å². The molecule has 0 amide bonds. The van der Waals surface area contributed by atoms with Gasteiger partial charge in [0, 0.05) is 68.6 Å². The maximum atomic E-state index is 6.25. The van der Waals surface area contributed by atoms with Crippen molar-refractivity contribution in [1.29, 1.82) is 0 Å². The summed E-state index contributed by atoms with van der Waals surface area (Å²) >= 11 is 1.97. The van der Waals surface area contributed by atoms with Crippen molar-refractivity contribution in [2.75, 3.05) is 63.1 Å². The van der Waals surface area contributed by atoms with Crippen molar-refractivity contribution < 1.29 is 4.74 Å². The lowest BCUT2D eigenvalue weighted by Crippen LogP contribution is -2.49. The molecule has 1 saturated carbocycles. The summed E-state index contributed by atoms with van der Waals surface area (Å²) < 4.78 is 6.25. The number of piperazine rings is 1. The summed E-state index contributed by atoms with van der Waals surface area (Å²) in [6.07, 6.45) is 7.88. The van der Waals surface area contributed by atoms with E-state index < -0.39 is 0 Å². The van der Waals surface area contributed by atoms with Gasteiger partial charge in [-0.25, -0.2) is 0 Å². The second kappa shape index (κ2) is 12.1. The second-order valence-corrected chi connectivity index (χ2v) is 12.1. The number of nitrogens with zero attached hydrogens (tertiary/aromatic N) is 3. The van der Waals surface area contributed by atoms with Crippen molar-refractivity contribution in [2.45, 2.75) is 49.5 Å². The molecule has 0 aromatic heterocycles. The van der Waals surface area contributed by atoms with Gasteiger partial charge in [-0.3, -0.25) is 4.90 Å². The third-order valence-electron chi connectivity index (χ3n) is 8.51. The fraction of sp³-hybridized carbons (Fsp3) is 0.500. The maximum Gasteiger partial charge on any atom is 0.121 e. The third kappa shape index (κ3) is 6.27. The van der Waals surface area contributed by atoms with E-state index in [-0.39, 0.29) is 0 Å². The van der Waals surface area contributed by atoms with Crippen LogP contribution in [0.3, 0.4) is 0 Å². The van der Waals surface area contributed by atoms with Crippen molar-refractivity contribution in [3.05, 3.63) is 66.2 Å². The predicted octanol–water partition coefficient (Wildman–Crippen LogP) is 6.32. The summed E-state index contributed by atoms with van der Waals surface area (Å²) in [5, 5.41) is 2.65. The topological polar surface area (TPSA) is 19.0 Å². The first-order valence-electron chi connectivity index (χ1n) is 14.4. The zero-order valence-corrected chi connectivity index (χ0v) is 22.9. The molecule has 37 heavy (non-hydrogen) atoms. The number of rotatable bonds is 9. The highest BCUT2D eigenvalue weighted by Gasteiger charge is 2.26. The molecule has 2 heterocycles. The molecule has 0 spiro atoms. The second-order valence-electron chi connectivity index (χ2n) is 10.9. The molecule has 196 valence electrons. The summed E-state index contributed by atoms with van der Waals surface area (Å²) in [7, 11) is 0. The van der Waals surface area contributed by atoms with Crippen molar-refractivity contribution in [2.24, 2.45) is 0 Å².